The van der Waals surface area contributed by atoms with Crippen LogP contribution in [0.25, 0.3) is 0 Å². The maximum absolute atomic E-state index is 10.1. The average molecular weight is 321 g/mol. The van der Waals surface area contributed by atoms with Crippen LogP contribution >= 0.6 is 0 Å². The molecular weight excluding hydrogens is 287 g/mol. The number of carbonyl (C=O) groups excluding carboxylic acids is 1. The summed E-state index contributed by atoms with van der Waals surface area (Å²) in [4.78, 5) is 10.1. The smallest absolute Gasteiger partial charge is 0.545 e. The third-order valence-corrected chi connectivity index (χ3v) is 3.73. The molecule has 0 radical (unpaired) electrons. The number of rotatable bonds is 15. The van der Waals surface area contributed by atoms with E-state index in [1.54, 1.807) is 6.08 Å². The predicted octanol–water partition coefficient (Wildman–Crippen LogP) is 1.78. The molecule has 0 atom stereocenters. The minimum atomic E-state index is -1.08. The Morgan fingerprint density at radius 1 is 0.762 bits per heavy atom. The van der Waals surface area contributed by atoms with E-state index in [0.717, 1.165) is 18.9 Å². The van der Waals surface area contributed by atoms with Gasteiger partial charge in [-0.3, -0.25) is 0 Å². The third kappa shape index (κ3) is 23.2. The van der Waals surface area contributed by atoms with E-state index in [-0.39, 0.29) is 51.4 Å². The largest absolute Gasteiger partial charge is 1.00 e. The number of hydrogen-bond acceptors (Lipinski definition) is 2. The van der Waals surface area contributed by atoms with Gasteiger partial charge in [0.2, 0.25) is 0 Å². The van der Waals surface area contributed by atoms with E-state index in [4.69, 9.17) is 0 Å². The third-order valence-electron chi connectivity index (χ3n) is 3.73. The van der Waals surface area contributed by atoms with Crippen molar-refractivity contribution in [3.63, 3.8) is 0 Å². The van der Waals surface area contributed by atoms with Crippen LogP contribution in [0.15, 0.2) is 12.2 Å². The van der Waals surface area contributed by atoms with Crippen LogP contribution < -0.4 is 56.5 Å². The van der Waals surface area contributed by atoms with Gasteiger partial charge >= 0.3 is 51.4 Å². The van der Waals surface area contributed by atoms with Gasteiger partial charge in [-0.2, -0.15) is 0 Å². The Hall–Kier alpha value is 0.846. The Labute approximate surface area is 174 Å². The molecule has 0 spiro atoms. The minimum absolute atomic E-state index is 0. The van der Waals surface area contributed by atoms with Gasteiger partial charge < -0.3 is 9.90 Å². The molecule has 3 heteroatoms. The van der Waals surface area contributed by atoms with E-state index in [9.17, 15) is 9.90 Å². The first kappa shape index (κ1) is 24.1. The molecule has 0 aromatic carbocycles. The van der Waals surface area contributed by atoms with Gasteiger partial charge in [0, 0.05) is 0 Å². The van der Waals surface area contributed by atoms with Crippen molar-refractivity contribution in [2.24, 2.45) is 0 Å². The molecule has 0 aromatic heterocycles. The van der Waals surface area contributed by atoms with Crippen LogP contribution in [-0.4, -0.2) is 5.97 Å². The molecule has 0 aliphatic heterocycles. The quantitative estimate of drug-likeness (QED) is 0.262. The molecule has 0 saturated carbocycles. The zero-order valence-corrected chi connectivity index (χ0v) is 17.5. The van der Waals surface area contributed by atoms with Crippen molar-refractivity contribution < 1.29 is 61.3 Å². The zero-order valence-electron chi connectivity index (χ0n) is 14.4. The van der Waals surface area contributed by atoms with Crippen molar-refractivity contribution in [3.8, 4) is 0 Å². The van der Waals surface area contributed by atoms with Gasteiger partial charge in [-0.15, -0.1) is 0 Å². The van der Waals surface area contributed by atoms with E-state index < -0.39 is 5.97 Å². The maximum atomic E-state index is 10.1. The monoisotopic (exact) mass is 320 g/mol. The first-order valence-electron chi connectivity index (χ1n) is 8.65. The van der Waals surface area contributed by atoms with Gasteiger partial charge in [-0.25, -0.2) is 0 Å². The van der Waals surface area contributed by atoms with Crippen LogP contribution in [0.1, 0.15) is 96.8 Å². The summed E-state index contributed by atoms with van der Waals surface area (Å²) in [5.74, 6) is -1.08. The summed E-state index contributed by atoms with van der Waals surface area (Å²) >= 11 is 0. The van der Waals surface area contributed by atoms with E-state index >= 15 is 0 Å². The normalized spacial score (nSPS) is 10.7. The van der Waals surface area contributed by atoms with Crippen LogP contribution in [0.5, 0.6) is 0 Å². The molecule has 118 valence electrons. The van der Waals surface area contributed by atoms with Gasteiger partial charge in [0.25, 0.3) is 0 Å². The summed E-state index contributed by atoms with van der Waals surface area (Å²) in [6, 6.07) is 0. The van der Waals surface area contributed by atoms with Crippen molar-refractivity contribution in [2.75, 3.05) is 0 Å². The standard InChI is InChI=1S/C18H34O2.K/c1-2-3-4-5-6-7-8-9-10-11-12-13-14-15-16-17-18(19)20;/h16-17H,2-15H2,1H3,(H,19,20);/q;+1/p-1/b17-16+;. The van der Waals surface area contributed by atoms with E-state index in [1.807, 2.05) is 0 Å². The molecule has 0 unspecified atom stereocenters. The summed E-state index contributed by atoms with van der Waals surface area (Å²) in [6.45, 7) is 2.26. The summed E-state index contributed by atoms with van der Waals surface area (Å²) in [5.41, 5.74) is 0. The summed E-state index contributed by atoms with van der Waals surface area (Å²) in [5, 5.41) is 10.1. The fraction of sp³-hybridized carbons (Fsp3) is 0.833. The number of carboxylic acids is 1. The molecule has 0 heterocycles. The molecule has 0 aliphatic carbocycles. The van der Waals surface area contributed by atoms with Gasteiger partial charge in [-0.05, 0) is 18.9 Å². The fourth-order valence-electron chi connectivity index (χ4n) is 2.46. The van der Waals surface area contributed by atoms with Gasteiger partial charge in [-0.1, -0.05) is 90.0 Å². The van der Waals surface area contributed by atoms with E-state index in [0.29, 0.717) is 0 Å². The topological polar surface area (TPSA) is 40.1 Å². The maximum Gasteiger partial charge on any atom is 1.00 e. The van der Waals surface area contributed by atoms with Crippen molar-refractivity contribution in [2.45, 2.75) is 96.8 Å². The predicted molar refractivity (Wildman–Crippen MR) is 84.5 cm³/mol. The molecular formula is C18H33KO2. The average Bonchev–Trinajstić information content (AvgIpc) is 2.43. The Kier molecular flexibility index (Phi) is 23.9. The van der Waals surface area contributed by atoms with Crippen LogP contribution in [0.2, 0.25) is 0 Å². The van der Waals surface area contributed by atoms with Crippen LogP contribution in [-0.2, 0) is 4.79 Å². The molecule has 0 fully saturated rings. The molecule has 0 aliphatic rings. The van der Waals surface area contributed by atoms with Crippen LogP contribution in [0, 0.1) is 0 Å². The Bertz CT molecular complexity index is 239. The fourth-order valence-corrected chi connectivity index (χ4v) is 2.46. The van der Waals surface area contributed by atoms with Crippen molar-refractivity contribution >= 4 is 5.97 Å². The summed E-state index contributed by atoms with van der Waals surface area (Å²) in [6.07, 6.45) is 21.2. The number of aliphatic carboxylic acids is 1. The van der Waals surface area contributed by atoms with Crippen molar-refractivity contribution in [3.05, 3.63) is 12.2 Å². The molecule has 0 N–H and O–H groups in total. The SMILES string of the molecule is CCCCCCCCCCCCCCC/C=C/C(=O)[O-].[K+]. The van der Waals surface area contributed by atoms with Gasteiger partial charge in [0.15, 0.2) is 0 Å². The molecule has 0 aromatic rings. The first-order chi connectivity index (χ1) is 9.77. The van der Waals surface area contributed by atoms with Crippen LogP contribution in [0.4, 0.5) is 0 Å². The van der Waals surface area contributed by atoms with E-state index in [1.165, 1.54) is 77.0 Å². The molecule has 2 nitrogen and oxygen atoms in total. The second-order valence-corrected chi connectivity index (χ2v) is 5.75. The molecule has 21 heavy (non-hydrogen) atoms. The zero-order chi connectivity index (χ0) is 14.9. The van der Waals surface area contributed by atoms with E-state index in [2.05, 4.69) is 6.92 Å². The number of unbranched alkanes of at least 4 members (excludes halogenated alkanes) is 13. The summed E-state index contributed by atoms with van der Waals surface area (Å²) < 4.78 is 0. The second kappa shape index (κ2) is 20.8. The van der Waals surface area contributed by atoms with Gasteiger partial charge in [0.1, 0.15) is 0 Å². The molecule has 0 saturated heterocycles. The van der Waals surface area contributed by atoms with Crippen molar-refractivity contribution in [1.29, 1.82) is 0 Å². The second-order valence-electron chi connectivity index (χ2n) is 5.75. The molecule has 0 amide bonds. The number of carbonyl (C=O) groups is 1. The molecule has 0 bridgehead atoms. The van der Waals surface area contributed by atoms with Crippen LogP contribution in [0.3, 0.4) is 0 Å². The summed E-state index contributed by atoms with van der Waals surface area (Å²) in [7, 11) is 0. The number of hydrogen-bond donors (Lipinski definition) is 0. The molecule has 0 rings (SSSR count). The Morgan fingerprint density at radius 2 is 1.14 bits per heavy atom. The number of allylic oxidation sites excluding steroid dienone is 1. The Balaban J connectivity index is 0. The minimum Gasteiger partial charge on any atom is -0.545 e. The number of carboxylic acid groups (broad SMARTS) is 1. The Morgan fingerprint density at radius 3 is 1.52 bits per heavy atom. The van der Waals surface area contributed by atoms with Gasteiger partial charge in [0.05, 0.1) is 5.97 Å². The first-order valence-corrected chi connectivity index (χ1v) is 8.65. The van der Waals surface area contributed by atoms with Crippen molar-refractivity contribution in [1.82, 2.24) is 0 Å².